The van der Waals surface area contributed by atoms with Gasteiger partial charge in [-0.15, -0.1) is 0 Å². The molecule has 2 rings (SSSR count). The minimum absolute atomic E-state index is 0.496. The van der Waals surface area contributed by atoms with Crippen LogP contribution < -0.4 is 0 Å². The topological polar surface area (TPSA) is 42.2 Å². The summed E-state index contributed by atoms with van der Waals surface area (Å²) >= 11 is 3.50. The Hall–Kier alpha value is -1.29. The van der Waals surface area contributed by atoms with Gasteiger partial charge in [0.1, 0.15) is 0 Å². The Balaban J connectivity index is 2.75. The van der Waals surface area contributed by atoms with Gasteiger partial charge in [0.05, 0.1) is 5.92 Å². The Kier molecular flexibility index (Phi) is 3.24. The van der Waals surface area contributed by atoms with E-state index < -0.39 is 11.9 Å². The van der Waals surface area contributed by atoms with Crippen LogP contribution in [-0.4, -0.2) is 15.6 Å². The van der Waals surface area contributed by atoms with E-state index in [1.807, 2.05) is 24.4 Å². The molecule has 1 N–H and O–H groups in total. The Morgan fingerprint density at radius 2 is 2.24 bits per heavy atom. The first-order valence-corrected chi connectivity index (χ1v) is 6.35. The van der Waals surface area contributed by atoms with Gasteiger partial charge in [-0.1, -0.05) is 22.0 Å². The monoisotopic (exact) mass is 295 g/mol. The first-order valence-electron chi connectivity index (χ1n) is 5.56. The summed E-state index contributed by atoms with van der Waals surface area (Å²) in [5.74, 6) is -1.29. The number of carboxylic acids is 1. The van der Waals surface area contributed by atoms with Gasteiger partial charge < -0.3 is 9.67 Å². The number of halogens is 1. The molecule has 17 heavy (non-hydrogen) atoms. The normalized spacial score (nSPS) is 12.9. The van der Waals surface area contributed by atoms with Crippen LogP contribution in [0.3, 0.4) is 0 Å². The molecule has 1 atom stereocenters. The molecule has 0 saturated carbocycles. The molecule has 1 aromatic heterocycles. The minimum atomic E-state index is -0.795. The molecule has 0 aliphatic heterocycles. The minimum Gasteiger partial charge on any atom is -0.481 e. The standard InChI is InChI=1S/C13H14BrNO2/c1-3-15-7-9(8(2)13(16)17)12-10(14)5-4-6-11(12)15/h4-8H,3H2,1-2H3,(H,16,17). The fraction of sp³-hybridized carbons (Fsp3) is 0.308. The molecule has 0 amide bonds. The zero-order valence-electron chi connectivity index (χ0n) is 9.77. The van der Waals surface area contributed by atoms with Crippen molar-refractivity contribution in [2.45, 2.75) is 26.3 Å². The van der Waals surface area contributed by atoms with Crippen LogP contribution in [0.5, 0.6) is 0 Å². The highest BCUT2D eigenvalue weighted by Gasteiger charge is 2.20. The second-order valence-corrected chi connectivity index (χ2v) is 4.92. The maximum atomic E-state index is 11.1. The van der Waals surface area contributed by atoms with Gasteiger partial charge in [0.2, 0.25) is 0 Å². The van der Waals surface area contributed by atoms with Crippen LogP contribution in [0.4, 0.5) is 0 Å². The molecule has 1 unspecified atom stereocenters. The highest BCUT2D eigenvalue weighted by molar-refractivity contribution is 9.10. The second-order valence-electron chi connectivity index (χ2n) is 4.06. The third-order valence-electron chi connectivity index (χ3n) is 3.06. The molecule has 90 valence electrons. The predicted octanol–water partition coefficient (Wildman–Crippen LogP) is 3.61. The first-order chi connectivity index (χ1) is 8.06. The molecule has 2 aromatic rings. The SMILES string of the molecule is CCn1cc(C(C)C(=O)O)c2c(Br)cccc21. The van der Waals surface area contributed by atoms with Crippen LogP contribution in [0.25, 0.3) is 10.9 Å². The molecule has 0 saturated heterocycles. The van der Waals surface area contributed by atoms with Crippen molar-refractivity contribution in [3.8, 4) is 0 Å². The smallest absolute Gasteiger partial charge is 0.310 e. The molecule has 1 heterocycles. The lowest BCUT2D eigenvalue weighted by molar-refractivity contribution is -0.138. The van der Waals surface area contributed by atoms with E-state index in [1.165, 1.54) is 0 Å². The number of nitrogens with zero attached hydrogens (tertiary/aromatic N) is 1. The van der Waals surface area contributed by atoms with Crippen LogP contribution in [0, 0.1) is 0 Å². The van der Waals surface area contributed by atoms with E-state index in [2.05, 4.69) is 27.4 Å². The number of carboxylic acid groups (broad SMARTS) is 1. The van der Waals surface area contributed by atoms with Gasteiger partial charge in [-0.3, -0.25) is 4.79 Å². The number of rotatable bonds is 3. The summed E-state index contributed by atoms with van der Waals surface area (Å²) in [7, 11) is 0. The van der Waals surface area contributed by atoms with Gasteiger partial charge in [0.25, 0.3) is 0 Å². The molecule has 3 nitrogen and oxygen atoms in total. The molecular formula is C13H14BrNO2. The van der Waals surface area contributed by atoms with Crippen molar-refractivity contribution in [3.63, 3.8) is 0 Å². The summed E-state index contributed by atoms with van der Waals surface area (Å²) in [5.41, 5.74) is 1.94. The lowest BCUT2D eigenvalue weighted by Crippen LogP contribution is -2.06. The highest BCUT2D eigenvalue weighted by Crippen LogP contribution is 2.33. The third kappa shape index (κ3) is 1.97. The first kappa shape index (κ1) is 12.2. The number of benzene rings is 1. The maximum absolute atomic E-state index is 11.1. The number of aliphatic carboxylic acids is 1. The summed E-state index contributed by atoms with van der Waals surface area (Å²) in [6.07, 6.45) is 1.94. The van der Waals surface area contributed by atoms with E-state index >= 15 is 0 Å². The predicted molar refractivity (Wildman–Crippen MR) is 71.4 cm³/mol. The van der Waals surface area contributed by atoms with Gasteiger partial charge in [-0.05, 0) is 31.5 Å². The van der Waals surface area contributed by atoms with Gasteiger partial charge in [-0.25, -0.2) is 0 Å². The molecule has 0 spiro atoms. The van der Waals surface area contributed by atoms with E-state index in [1.54, 1.807) is 6.92 Å². The van der Waals surface area contributed by atoms with Crippen LogP contribution in [0.2, 0.25) is 0 Å². The average Bonchev–Trinajstić information content (AvgIpc) is 2.68. The number of hydrogen-bond acceptors (Lipinski definition) is 1. The lowest BCUT2D eigenvalue weighted by atomic mass is 10.0. The molecule has 4 heteroatoms. The Morgan fingerprint density at radius 1 is 1.53 bits per heavy atom. The Morgan fingerprint density at radius 3 is 2.82 bits per heavy atom. The number of fused-ring (bicyclic) bond motifs is 1. The van der Waals surface area contributed by atoms with Crippen molar-refractivity contribution in [1.29, 1.82) is 0 Å². The zero-order chi connectivity index (χ0) is 12.6. The largest absolute Gasteiger partial charge is 0.481 e. The van der Waals surface area contributed by atoms with E-state index in [-0.39, 0.29) is 0 Å². The summed E-state index contributed by atoms with van der Waals surface area (Å²) in [5, 5.41) is 10.1. The van der Waals surface area contributed by atoms with Crippen molar-refractivity contribution in [2.75, 3.05) is 0 Å². The van der Waals surface area contributed by atoms with E-state index in [4.69, 9.17) is 5.11 Å². The molecule has 1 aromatic carbocycles. The molecule has 0 radical (unpaired) electrons. The summed E-state index contributed by atoms with van der Waals surface area (Å²) < 4.78 is 3.03. The number of carbonyl (C=O) groups is 1. The van der Waals surface area contributed by atoms with E-state index in [0.29, 0.717) is 0 Å². The summed E-state index contributed by atoms with van der Waals surface area (Å²) in [6.45, 7) is 4.60. The maximum Gasteiger partial charge on any atom is 0.310 e. The average molecular weight is 296 g/mol. The van der Waals surface area contributed by atoms with Crippen molar-refractivity contribution < 1.29 is 9.90 Å². The van der Waals surface area contributed by atoms with Gasteiger partial charge in [0.15, 0.2) is 0 Å². The van der Waals surface area contributed by atoms with Gasteiger partial charge in [-0.2, -0.15) is 0 Å². The van der Waals surface area contributed by atoms with Crippen LogP contribution in [0.1, 0.15) is 25.3 Å². The van der Waals surface area contributed by atoms with Crippen LogP contribution in [0.15, 0.2) is 28.9 Å². The van der Waals surface area contributed by atoms with E-state index in [9.17, 15) is 4.79 Å². The fourth-order valence-electron chi connectivity index (χ4n) is 2.06. The summed E-state index contributed by atoms with van der Waals surface area (Å²) in [4.78, 5) is 11.1. The van der Waals surface area contributed by atoms with Crippen molar-refractivity contribution in [1.82, 2.24) is 4.57 Å². The summed E-state index contributed by atoms with van der Waals surface area (Å²) in [6, 6.07) is 5.93. The van der Waals surface area contributed by atoms with Crippen molar-refractivity contribution in [3.05, 3.63) is 34.4 Å². The molecule has 0 aliphatic rings. The number of hydrogen-bond donors (Lipinski definition) is 1. The molecule has 0 aliphatic carbocycles. The van der Waals surface area contributed by atoms with Crippen LogP contribution in [-0.2, 0) is 11.3 Å². The van der Waals surface area contributed by atoms with Gasteiger partial charge >= 0.3 is 5.97 Å². The molecular weight excluding hydrogens is 282 g/mol. The molecule has 0 bridgehead atoms. The number of aryl methyl sites for hydroxylation is 1. The second kappa shape index (κ2) is 4.53. The number of aromatic nitrogens is 1. The zero-order valence-corrected chi connectivity index (χ0v) is 11.4. The molecule has 0 fully saturated rings. The lowest BCUT2D eigenvalue weighted by Gasteiger charge is -2.05. The Labute approximate surface area is 108 Å². The highest BCUT2D eigenvalue weighted by atomic mass is 79.9. The van der Waals surface area contributed by atoms with Crippen LogP contribution >= 0.6 is 15.9 Å². The van der Waals surface area contributed by atoms with Crippen molar-refractivity contribution in [2.24, 2.45) is 0 Å². The van der Waals surface area contributed by atoms with Gasteiger partial charge in [0, 0.05) is 28.1 Å². The van der Waals surface area contributed by atoms with E-state index in [0.717, 1.165) is 27.5 Å². The quantitative estimate of drug-likeness (QED) is 0.940. The fourth-order valence-corrected chi connectivity index (χ4v) is 2.65. The Bertz CT molecular complexity index is 574. The van der Waals surface area contributed by atoms with Crippen molar-refractivity contribution >= 4 is 32.8 Å². The third-order valence-corrected chi connectivity index (χ3v) is 3.72.